The second-order valence-corrected chi connectivity index (χ2v) is 12.5. The lowest BCUT2D eigenvalue weighted by atomic mass is 9.98. The standard InChI is InChI=1S/C37H38N8O2/c1-4-33(46)43-21-25(3)44(22-24(43)2)37(47)42-20-18-28(23-42)26-12-14-29(15-13-26)45-35(30-11-8-19-39-34(30)38)41-32-17-16-31(40-36(32)45)27-9-6-5-7-10-27/h4-17,19,24-25,28H,1,18,20-23H2,2-3H3,(H2,38,39)/t24-,25-,28?/m0/s1. The number of piperazine rings is 1. The van der Waals surface area contributed by atoms with Crippen LogP contribution < -0.4 is 5.73 Å². The van der Waals surface area contributed by atoms with Crippen LogP contribution in [-0.4, -0.2) is 84.4 Å². The number of aromatic nitrogens is 4. The minimum absolute atomic E-state index is 0.0399. The topological polar surface area (TPSA) is 113 Å². The third-order valence-corrected chi connectivity index (χ3v) is 9.42. The maximum atomic E-state index is 13.6. The molecule has 2 N–H and O–H groups in total. The van der Waals surface area contributed by atoms with Crippen LogP contribution in [0, 0.1) is 0 Å². The molecule has 7 rings (SSSR count). The number of fused-ring (bicyclic) bond motifs is 1. The molecule has 3 atom stereocenters. The van der Waals surface area contributed by atoms with E-state index in [1.807, 2.05) is 82.8 Å². The molecule has 5 aromatic rings. The molecule has 0 saturated carbocycles. The number of pyridine rings is 2. The number of hydrogen-bond donors (Lipinski definition) is 1. The first-order chi connectivity index (χ1) is 22.8. The quantitative estimate of drug-likeness (QED) is 0.249. The fourth-order valence-electron chi connectivity index (χ4n) is 6.86. The summed E-state index contributed by atoms with van der Waals surface area (Å²) in [6.07, 6.45) is 3.91. The van der Waals surface area contributed by atoms with Gasteiger partial charge in [-0.3, -0.25) is 9.36 Å². The second-order valence-electron chi connectivity index (χ2n) is 12.5. The lowest BCUT2D eigenvalue weighted by Crippen LogP contribution is -2.61. The molecule has 47 heavy (non-hydrogen) atoms. The van der Waals surface area contributed by atoms with Crippen molar-refractivity contribution >= 4 is 28.9 Å². The summed E-state index contributed by atoms with van der Waals surface area (Å²) < 4.78 is 2.04. The smallest absolute Gasteiger partial charge is 0.320 e. The Bertz CT molecular complexity index is 1950. The molecule has 0 spiro atoms. The SMILES string of the molecule is C=CC(=O)N1C[C@H](C)N(C(=O)N2CCC(c3ccc(-n4c(-c5cccnc5N)nc5ccc(-c6ccccc6)nc54)cc3)C2)C[C@@H]1C. The molecule has 0 bridgehead atoms. The van der Waals surface area contributed by atoms with Crippen molar-refractivity contribution < 1.29 is 9.59 Å². The van der Waals surface area contributed by atoms with Gasteiger partial charge >= 0.3 is 6.03 Å². The van der Waals surface area contributed by atoms with Crippen LogP contribution in [0.15, 0.2) is 97.7 Å². The largest absolute Gasteiger partial charge is 0.383 e. The van der Waals surface area contributed by atoms with E-state index in [4.69, 9.17) is 15.7 Å². The fraction of sp³-hybridized carbons (Fsp3) is 0.270. The molecule has 10 nitrogen and oxygen atoms in total. The normalized spacial score (nSPS) is 19.7. The molecule has 3 amide bonds. The Balaban J connectivity index is 1.15. The zero-order valence-electron chi connectivity index (χ0n) is 26.7. The summed E-state index contributed by atoms with van der Waals surface area (Å²) in [5, 5.41) is 0. The number of nitrogen functional groups attached to an aromatic ring is 1. The minimum atomic E-state index is -0.0896. The number of urea groups is 1. The van der Waals surface area contributed by atoms with Gasteiger partial charge in [-0.25, -0.2) is 19.7 Å². The number of nitrogens with two attached hydrogens (primary N) is 1. The Morgan fingerprint density at radius 3 is 2.36 bits per heavy atom. The highest BCUT2D eigenvalue weighted by molar-refractivity contribution is 5.88. The van der Waals surface area contributed by atoms with Crippen LogP contribution >= 0.6 is 0 Å². The molecule has 2 fully saturated rings. The number of carbonyl (C=O) groups is 2. The first kappa shape index (κ1) is 30.2. The number of hydrogen-bond acceptors (Lipinski definition) is 6. The van der Waals surface area contributed by atoms with Crippen LogP contribution in [0.25, 0.3) is 39.5 Å². The molecule has 0 aliphatic carbocycles. The van der Waals surface area contributed by atoms with E-state index in [9.17, 15) is 9.59 Å². The number of nitrogens with zero attached hydrogens (tertiary/aromatic N) is 7. The molecule has 10 heteroatoms. The van der Waals surface area contributed by atoms with Crippen LogP contribution in [0.1, 0.15) is 31.7 Å². The molecule has 2 aromatic carbocycles. The third-order valence-electron chi connectivity index (χ3n) is 9.42. The monoisotopic (exact) mass is 626 g/mol. The number of benzene rings is 2. The summed E-state index contributed by atoms with van der Waals surface area (Å²) in [4.78, 5) is 45.9. The Morgan fingerprint density at radius 2 is 1.62 bits per heavy atom. The molecule has 0 radical (unpaired) electrons. The van der Waals surface area contributed by atoms with Crippen molar-refractivity contribution in [1.29, 1.82) is 0 Å². The molecule has 2 aliphatic heterocycles. The van der Waals surface area contributed by atoms with Crippen LogP contribution in [-0.2, 0) is 4.79 Å². The van der Waals surface area contributed by atoms with Crippen molar-refractivity contribution in [2.75, 3.05) is 31.9 Å². The Kier molecular flexibility index (Phi) is 7.93. The van der Waals surface area contributed by atoms with Crippen molar-refractivity contribution in [2.24, 2.45) is 0 Å². The number of rotatable bonds is 5. The average Bonchev–Trinajstić information content (AvgIpc) is 3.75. The number of likely N-dealkylation sites (tertiary alicyclic amines) is 1. The van der Waals surface area contributed by atoms with E-state index < -0.39 is 0 Å². The van der Waals surface area contributed by atoms with Gasteiger partial charge in [0, 0.05) is 61.6 Å². The molecule has 2 aliphatic rings. The lowest BCUT2D eigenvalue weighted by Gasteiger charge is -2.44. The van der Waals surface area contributed by atoms with E-state index in [1.54, 1.807) is 11.1 Å². The number of amides is 3. The van der Waals surface area contributed by atoms with E-state index in [1.165, 1.54) is 11.6 Å². The molecule has 2 saturated heterocycles. The summed E-state index contributed by atoms with van der Waals surface area (Å²) >= 11 is 0. The summed E-state index contributed by atoms with van der Waals surface area (Å²) in [6, 6.07) is 26.2. The van der Waals surface area contributed by atoms with Gasteiger partial charge in [0.05, 0.1) is 11.3 Å². The Hall–Kier alpha value is -5.51. The zero-order chi connectivity index (χ0) is 32.7. The molecule has 3 aromatic heterocycles. The molecule has 5 heterocycles. The van der Waals surface area contributed by atoms with Gasteiger partial charge < -0.3 is 20.4 Å². The first-order valence-corrected chi connectivity index (χ1v) is 16.1. The van der Waals surface area contributed by atoms with Gasteiger partial charge in [0.25, 0.3) is 0 Å². The van der Waals surface area contributed by atoms with Crippen LogP contribution in [0.5, 0.6) is 0 Å². The number of anilines is 1. The van der Waals surface area contributed by atoms with Crippen LogP contribution in [0.4, 0.5) is 10.6 Å². The van der Waals surface area contributed by atoms with Crippen LogP contribution in [0.3, 0.4) is 0 Å². The van der Waals surface area contributed by atoms with Gasteiger partial charge in [-0.15, -0.1) is 0 Å². The molecular weight excluding hydrogens is 588 g/mol. The average molecular weight is 627 g/mol. The number of imidazole rings is 1. The van der Waals surface area contributed by atoms with Gasteiger partial charge in [0.2, 0.25) is 5.91 Å². The van der Waals surface area contributed by atoms with E-state index in [0.29, 0.717) is 37.8 Å². The highest BCUT2D eigenvalue weighted by Gasteiger charge is 2.37. The highest BCUT2D eigenvalue weighted by atomic mass is 16.2. The van der Waals surface area contributed by atoms with Gasteiger partial charge in [-0.2, -0.15) is 0 Å². The Labute approximate surface area is 274 Å². The maximum Gasteiger partial charge on any atom is 0.320 e. The first-order valence-electron chi connectivity index (χ1n) is 16.1. The zero-order valence-corrected chi connectivity index (χ0v) is 26.7. The van der Waals surface area contributed by atoms with Gasteiger partial charge in [0.1, 0.15) is 11.3 Å². The fourth-order valence-corrected chi connectivity index (χ4v) is 6.86. The number of carbonyl (C=O) groups excluding carboxylic acids is 2. The third kappa shape index (κ3) is 5.60. The summed E-state index contributed by atoms with van der Waals surface area (Å²) in [7, 11) is 0. The van der Waals surface area contributed by atoms with Crippen molar-refractivity contribution in [3.63, 3.8) is 0 Å². The highest BCUT2D eigenvalue weighted by Crippen LogP contribution is 2.34. The van der Waals surface area contributed by atoms with Gasteiger partial charge in [0.15, 0.2) is 11.5 Å². The summed E-state index contributed by atoms with van der Waals surface area (Å²) in [5.41, 5.74) is 12.5. The summed E-state index contributed by atoms with van der Waals surface area (Å²) in [5.74, 6) is 1.21. The molecule has 1 unspecified atom stereocenters. The van der Waals surface area contributed by atoms with Gasteiger partial charge in [-0.1, -0.05) is 49.0 Å². The summed E-state index contributed by atoms with van der Waals surface area (Å²) in [6.45, 7) is 9.98. The molecular formula is C37H38N8O2. The maximum absolute atomic E-state index is 13.6. The second kappa shape index (κ2) is 12.4. The predicted molar refractivity (Wildman–Crippen MR) is 184 cm³/mol. The van der Waals surface area contributed by atoms with Crippen LogP contribution in [0.2, 0.25) is 0 Å². The van der Waals surface area contributed by atoms with Crippen molar-refractivity contribution in [2.45, 2.75) is 38.3 Å². The lowest BCUT2D eigenvalue weighted by molar-refractivity contribution is -0.131. The van der Waals surface area contributed by atoms with E-state index >= 15 is 0 Å². The molecule has 238 valence electrons. The van der Waals surface area contributed by atoms with Gasteiger partial charge in [-0.05, 0) is 68.3 Å². The Morgan fingerprint density at radius 1 is 0.872 bits per heavy atom. The van der Waals surface area contributed by atoms with E-state index in [2.05, 4.69) is 35.8 Å². The van der Waals surface area contributed by atoms with Crippen molar-refractivity contribution in [1.82, 2.24) is 34.2 Å². The van der Waals surface area contributed by atoms with E-state index in [0.717, 1.165) is 40.1 Å². The minimum Gasteiger partial charge on any atom is -0.383 e. The van der Waals surface area contributed by atoms with Crippen molar-refractivity contribution in [3.05, 3.63) is 103 Å². The predicted octanol–water partition coefficient (Wildman–Crippen LogP) is 5.75. The van der Waals surface area contributed by atoms with E-state index in [-0.39, 0.29) is 29.9 Å². The van der Waals surface area contributed by atoms with Crippen molar-refractivity contribution in [3.8, 4) is 28.3 Å².